The maximum absolute atomic E-state index is 3.33. The van der Waals surface area contributed by atoms with Gasteiger partial charge in [0.05, 0.1) is 0 Å². The van der Waals surface area contributed by atoms with Gasteiger partial charge in [-0.3, -0.25) is 0 Å². The van der Waals surface area contributed by atoms with E-state index >= 15 is 0 Å². The van der Waals surface area contributed by atoms with Crippen LogP contribution in [0.2, 0.25) is 0 Å². The van der Waals surface area contributed by atoms with Crippen molar-refractivity contribution in [1.82, 2.24) is 5.32 Å². The largest absolute Gasteiger partial charge is 0.316 e. The van der Waals surface area contributed by atoms with Crippen LogP contribution >= 0.6 is 0 Å². The minimum absolute atomic E-state index is 0.346. The van der Waals surface area contributed by atoms with Gasteiger partial charge in [0.15, 0.2) is 0 Å². The molecule has 0 aliphatic carbocycles. The van der Waals surface area contributed by atoms with E-state index in [1.807, 2.05) is 14.0 Å². The molecule has 0 aliphatic heterocycles. The average molecular weight is 167 g/mol. The zero-order valence-electron chi connectivity index (χ0n) is 8.99. The first-order valence-electron chi connectivity index (χ1n) is 4.65. The highest BCUT2D eigenvalue weighted by atomic mass is 14.9. The van der Waals surface area contributed by atoms with Gasteiger partial charge in [-0.05, 0) is 25.8 Å². The van der Waals surface area contributed by atoms with E-state index in [1.54, 1.807) is 0 Å². The van der Waals surface area contributed by atoms with Crippen LogP contribution in [0.15, 0.2) is 0 Å². The lowest BCUT2D eigenvalue weighted by atomic mass is 9.80. The van der Waals surface area contributed by atoms with E-state index < -0.39 is 0 Å². The molecule has 1 N–H and O–H groups in total. The van der Waals surface area contributed by atoms with E-state index in [1.165, 1.54) is 6.42 Å². The van der Waals surface area contributed by atoms with Gasteiger partial charge in [-0.2, -0.15) is 0 Å². The molecule has 0 saturated heterocycles. The van der Waals surface area contributed by atoms with Gasteiger partial charge in [0.2, 0.25) is 0 Å². The summed E-state index contributed by atoms with van der Waals surface area (Å²) in [5.74, 6) is 6.07. The quantitative estimate of drug-likeness (QED) is 0.634. The lowest BCUT2D eigenvalue weighted by Gasteiger charge is -2.32. The highest BCUT2D eigenvalue weighted by Gasteiger charge is 2.25. The van der Waals surface area contributed by atoms with Gasteiger partial charge >= 0.3 is 0 Å². The predicted molar refractivity (Wildman–Crippen MR) is 55.0 cm³/mol. The second kappa shape index (κ2) is 5.22. The summed E-state index contributed by atoms with van der Waals surface area (Å²) in [7, 11) is 2.01. The van der Waals surface area contributed by atoms with E-state index in [0.29, 0.717) is 11.5 Å². The molecule has 0 amide bonds. The summed E-state index contributed by atoms with van der Waals surface area (Å²) in [6.45, 7) is 8.69. The van der Waals surface area contributed by atoms with Crippen molar-refractivity contribution in [2.24, 2.45) is 5.41 Å². The van der Waals surface area contributed by atoms with Crippen molar-refractivity contribution in [2.45, 2.75) is 46.6 Å². The van der Waals surface area contributed by atoms with Crippen molar-refractivity contribution in [3.63, 3.8) is 0 Å². The van der Waals surface area contributed by atoms with Crippen LogP contribution in [0, 0.1) is 17.3 Å². The van der Waals surface area contributed by atoms with Crippen LogP contribution in [0.5, 0.6) is 0 Å². The molecule has 0 heterocycles. The van der Waals surface area contributed by atoms with Gasteiger partial charge in [0, 0.05) is 12.5 Å². The van der Waals surface area contributed by atoms with Crippen LogP contribution in [0.4, 0.5) is 0 Å². The van der Waals surface area contributed by atoms with Crippen molar-refractivity contribution in [3.05, 3.63) is 0 Å². The number of nitrogens with one attached hydrogen (secondary N) is 1. The summed E-state index contributed by atoms with van der Waals surface area (Å²) in [5.41, 5.74) is 0.346. The summed E-state index contributed by atoms with van der Waals surface area (Å²) in [6, 6.07) is 0.509. The van der Waals surface area contributed by atoms with Crippen LogP contribution in [0.25, 0.3) is 0 Å². The Kier molecular flexibility index (Phi) is 5.01. The minimum atomic E-state index is 0.346. The van der Waals surface area contributed by atoms with Crippen molar-refractivity contribution in [3.8, 4) is 11.8 Å². The molecule has 0 saturated carbocycles. The normalized spacial score (nSPS) is 13.4. The maximum atomic E-state index is 3.33. The summed E-state index contributed by atoms with van der Waals surface area (Å²) in [6.07, 6.45) is 2.14. The Hall–Kier alpha value is -0.480. The number of hydrogen-bond acceptors (Lipinski definition) is 1. The highest BCUT2D eigenvalue weighted by molar-refractivity contribution is 5.00. The van der Waals surface area contributed by atoms with Gasteiger partial charge in [-0.1, -0.05) is 20.8 Å². The van der Waals surface area contributed by atoms with Crippen molar-refractivity contribution in [2.75, 3.05) is 7.05 Å². The standard InChI is InChI=1S/C11H21N/c1-6-8-9-10(12-5)11(3,4)7-2/h10,12H,7,9H2,1-5H3. The molecule has 0 bridgehead atoms. The fourth-order valence-corrected chi connectivity index (χ4v) is 1.22. The van der Waals surface area contributed by atoms with Crippen molar-refractivity contribution >= 4 is 0 Å². The third-order valence-corrected chi connectivity index (χ3v) is 2.69. The van der Waals surface area contributed by atoms with Crippen LogP contribution in [-0.2, 0) is 0 Å². The van der Waals surface area contributed by atoms with E-state index in [9.17, 15) is 0 Å². The van der Waals surface area contributed by atoms with Gasteiger partial charge in [-0.15, -0.1) is 11.8 Å². The molecule has 0 aromatic heterocycles. The summed E-state index contributed by atoms with van der Waals surface area (Å²) >= 11 is 0. The lowest BCUT2D eigenvalue weighted by molar-refractivity contribution is 0.245. The molecule has 1 heteroatoms. The molecule has 70 valence electrons. The second-order valence-electron chi connectivity index (χ2n) is 3.81. The third kappa shape index (κ3) is 3.28. The van der Waals surface area contributed by atoms with Gasteiger partial charge < -0.3 is 5.32 Å². The van der Waals surface area contributed by atoms with Crippen molar-refractivity contribution < 1.29 is 0 Å². The molecular formula is C11H21N. The highest BCUT2D eigenvalue weighted by Crippen LogP contribution is 2.26. The molecule has 0 fully saturated rings. The second-order valence-corrected chi connectivity index (χ2v) is 3.81. The first kappa shape index (κ1) is 11.5. The third-order valence-electron chi connectivity index (χ3n) is 2.69. The maximum Gasteiger partial charge on any atom is 0.0248 e. The fourth-order valence-electron chi connectivity index (χ4n) is 1.22. The molecule has 0 spiro atoms. The summed E-state index contributed by atoms with van der Waals surface area (Å²) in [5, 5.41) is 3.33. The van der Waals surface area contributed by atoms with Gasteiger partial charge in [-0.25, -0.2) is 0 Å². The molecule has 1 atom stereocenters. The molecule has 0 radical (unpaired) electrons. The van der Waals surface area contributed by atoms with E-state index in [-0.39, 0.29) is 0 Å². The van der Waals surface area contributed by atoms with E-state index in [0.717, 1.165) is 6.42 Å². The Labute approximate surface area is 76.9 Å². The van der Waals surface area contributed by atoms with E-state index in [2.05, 4.69) is 37.9 Å². The van der Waals surface area contributed by atoms with E-state index in [4.69, 9.17) is 0 Å². The first-order valence-corrected chi connectivity index (χ1v) is 4.65. The fraction of sp³-hybridized carbons (Fsp3) is 0.818. The lowest BCUT2D eigenvalue weighted by Crippen LogP contribution is -2.39. The summed E-state index contributed by atoms with van der Waals surface area (Å²) < 4.78 is 0. The van der Waals surface area contributed by atoms with Crippen LogP contribution < -0.4 is 5.32 Å². The molecule has 12 heavy (non-hydrogen) atoms. The minimum Gasteiger partial charge on any atom is -0.316 e. The van der Waals surface area contributed by atoms with Gasteiger partial charge in [0.1, 0.15) is 0 Å². The van der Waals surface area contributed by atoms with Crippen LogP contribution in [0.1, 0.15) is 40.5 Å². The number of rotatable bonds is 4. The number of hydrogen-bond donors (Lipinski definition) is 1. The van der Waals surface area contributed by atoms with Crippen LogP contribution in [-0.4, -0.2) is 13.1 Å². The Morgan fingerprint density at radius 2 is 2.00 bits per heavy atom. The zero-order valence-corrected chi connectivity index (χ0v) is 8.99. The zero-order chi connectivity index (χ0) is 9.61. The molecule has 0 aromatic carbocycles. The average Bonchev–Trinajstić information content (AvgIpc) is 2.05. The Morgan fingerprint density at radius 1 is 1.42 bits per heavy atom. The Balaban J connectivity index is 4.19. The topological polar surface area (TPSA) is 12.0 Å². The van der Waals surface area contributed by atoms with Gasteiger partial charge in [0.25, 0.3) is 0 Å². The molecule has 0 aliphatic rings. The molecular weight excluding hydrogens is 146 g/mol. The molecule has 1 unspecified atom stereocenters. The molecule has 1 nitrogen and oxygen atoms in total. The predicted octanol–water partition coefficient (Wildman–Crippen LogP) is 2.42. The Morgan fingerprint density at radius 3 is 2.33 bits per heavy atom. The van der Waals surface area contributed by atoms with Crippen LogP contribution in [0.3, 0.4) is 0 Å². The SMILES string of the molecule is CC#CCC(NC)C(C)(C)CC. The molecule has 0 aromatic rings. The van der Waals surface area contributed by atoms with Crippen molar-refractivity contribution in [1.29, 1.82) is 0 Å². The smallest absolute Gasteiger partial charge is 0.0248 e. The molecule has 0 rings (SSSR count). The summed E-state index contributed by atoms with van der Waals surface area (Å²) in [4.78, 5) is 0. The Bertz CT molecular complexity index is 171. The first-order chi connectivity index (χ1) is 5.58. The monoisotopic (exact) mass is 167 g/mol.